The summed E-state index contributed by atoms with van der Waals surface area (Å²) in [5.41, 5.74) is 6.87. The Hall–Kier alpha value is -1.60. The highest BCUT2D eigenvalue weighted by molar-refractivity contribution is 9.10. The maximum absolute atomic E-state index is 12.2. The van der Waals surface area contributed by atoms with Gasteiger partial charge in [0.05, 0.1) is 5.69 Å². The van der Waals surface area contributed by atoms with Crippen LogP contribution in [0.1, 0.15) is 5.56 Å². The predicted molar refractivity (Wildman–Crippen MR) is 78.3 cm³/mol. The molecule has 0 radical (unpaired) electrons. The molecule has 1 aromatic heterocycles. The monoisotopic (exact) mass is 341 g/mol. The average molecular weight is 342 g/mol. The first-order valence-electron chi connectivity index (χ1n) is 5.39. The van der Waals surface area contributed by atoms with Crippen LogP contribution in [0.4, 0.5) is 11.5 Å². The van der Waals surface area contributed by atoms with Crippen molar-refractivity contribution in [3.8, 4) is 0 Å². The molecule has 2 rings (SSSR count). The van der Waals surface area contributed by atoms with Gasteiger partial charge in [-0.15, -0.1) is 0 Å². The van der Waals surface area contributed by atoms with Gasteiger partial charge in [-0.05, 0) is 52.7 Å². The lowest BCUT2D eigenvalue weighted by Crippen LogP contribution is -2.13. The summed E-state index contributed by atoms with van der Waals surface area (Å²) in [6, 6.07) is 8.27. The zero-order valence-electron chi connectivity index (χ0n) is 10.1. The van der Waals surface area contributed by atoms with Gasteiger partial charge in [-0.1, -0.05) is 6.07 Å². The molecule has 0 aliphatic heterocycles. The Kier molecular flexibility index (Phi) is 3.77. The first-order valence-corrected chi connectivity index (χ1v) is 7.66. The summed E-state index contributed by atoms with van der Waals surface area (Å²) in [5.74, 6) is 0.274. The van der Waals surface area contributed by atoms with E-state index < -0.39 is 10.0 Å². The van der Waals surface area contributed by atoms with Gasteiger partial charge in [-0.3, -0.25) is 4.72 Å². The third kappa shape index (κ3) is 3.24. The van der Waals surface area contributed by atoms with Gasteiger partial charge in [0.15, 0.2) is 0 Å². The fourth-order valence-electron chi connectivity index (χ4n) is 1.47. The fourth-order valence-corrected chi connectivity index (χ4v) is 2.96. The van der Waals surface area contributed by atoms with Crippen LogP contribution in [0.3, 0.4) is 0 Å². The van der Waals surface area contributed by atoms with E-state index in [4.69, 9.17) is 5.73 Å². The number of aryl methyl sites for hydroxylation is 1. The molecule has 0 saturated heterocycles. The number of halogens is 1. The number of hydrogen-bond acceptors (Lipinski definition) is 4. The van der Waals surface area contributed by atoms with Crippen molar-refractivity contribution in [2.24, 2.45) is 0 Å². The Balaban J connectivity index is 2.36. The standard InChI is InChI=1S/C12H12BrN3O2S/c1-8-2-4-10(13)11(6-8)16-19(17,18)9-3-5-12(14)15-7-9/h2-7,16H,1H3,(H2,14,15). The van der Waals surface area contributed by atoms with Crippen molar-refractivity contribution in [2.45, 2.75) is 11.8 Å². The van der Waals surface area contributed by atoms with Crippen LogP contribution in [-0.2, 0) is 10.0 Å². The Morgan fingerprint density at radius 2 is 2.00 bits per heavy atom. The number of hydrogen-bond donors (Lipinski definition) is 2. The highest BCUT2D eigenvalue weighted by atomic mass is 79.9. The van der Waals surface area contributed by atoms with E-state index in [0.29, 0.717) is 10.2 Å². The molecule has 2 aromatic rings. The molecule has 0 amide bonds. The molecule has 0 unspecified atom stereocenters. The number of benzene rings is 1. The van der Waals surface area contributed by atoms with Crippen molar-refractivity contribution in [1.82, 2.24) is 4.98 Å². The quantitative estimate of drug-likeness (QED) is 0.898. The second-order valence-corrected chi connectivity index (χ2v) is 6.54. The van der Waals surface area contributed by atoms with Gasteiger partial charge in [0, 0.05) is 10.7 Å². The molecule has 0 bridgehead atoms. The van der Waals surface area contributed by atoms with Crippen LogP contribution in [0.2, 0.25) is 0 Å². The summed E-state index contributed by atoms with van der Waals surface area (Å²) >= 11 is 3.30. The largest absolute Gasteiger partial charge is 0.384 e. The summed E-state index contributed by atoms with van der Waals surface area (Å²) in [6.45, 7) is 1.88. The lowest BCUT2D eigenvalue weighted by molar-refractivity contribution is 0.601. The van der Waals surface area contributed by atoms with Gasteiger partial charge in [-0.2, -0.15) is 0 Å². The number of nitrogens with two attached hydrogens (primary N) is 1. The van der Waals surface area contributed by atoms with Crippen molar-refractivity contribution in [1.29, 1.82) is 0 Å². The fraction of sp³-hybridized carbons (Fsp3) is 0.0833. The Bertz CT molecular complexity index is 699. The van der Waals surface area contributed by atoms with Gasteiger partial charge < -0.3 is 5.73 Å². The van der Waals surface area contributed by atoms with Crippen LogP contribution in [0.15, 0.2) is 45.9 Å². The number of rotatable bonds is 3. The smallest absolute Gasteiger partial charge is 0.263 e. The molecule has 0 saturated carbocycles. The van der Waals surface area contributed by atoms with Gasteiger partial charge in [-0.25, -0.2) is 13.4 Å². The number of nitrogens with one attached hydrogen (secondary N) is 1. The second-order valence-electron chi connectivity index (χ2n) is 4.01. The molecular weight excluding hydrogens is 330 g/mol. The van der Waals surface area contributed by atoms with E-state index in [9.17, 15) is 8.42 Å². The maximum atomic E-state index is 12.2. The number of pyridine rings is 1. The summed E-state index contributed by atoms with van der Waals surface area (Å²) < 4.78 is 27.5. The summed E-state index contributed by atoms with van der Waals surface area (Å²) in [5, 5.41) is 0. The first kappa shape index (κ1) is 13.8. The topological polar surface area (TPSA) is 85.1 Å². The minimum absolute atomic E-state index is 0.0649. The predicted octanol–water partition coefficient (Wildman–Crippen LogP) is 2.54. The lowest BCUT2D eigenvalue weighted by Gasteiger charge is -2.10. The number of sulfonamides is 1. The molecule has 0 atom stereocenters. The van der Waals surface area contributed by atoms with E-state index in [1.165, 1.54) is 18.3 Å². The van der Waals surface area contributed by atoms with Gasteiger partial charge in [0.1, 0.15) is 10.7 Å². The lowest BCUT2D eigenvalue weighted by atomic mass is 10.2. The van der Waals surface area contributed by atoms with Gasteiger partial charge in [0.2, 0.25) is 0 Å². The van der Waals surface area contributed by atoms with Gasteiger partial charge in [0.25, 0.3) is 10.0 Å². The zero-order chi connectivity index (χ0) is 14.0. The summed E-state index contributed by atoms with van der Waals surface area (Å²) in [6.07, 6.45) is 1.22. The van der Waals surface area contributed by atoms with Crippen molar-refractivity contribution < 1.29 is 8.42 Å². The Morgan fingerprint density at radius 3 is 2.63 bits per heavy atom. The summed E-state index contributed by atoms with van der Waals surface area (Å²) in [7, 11) is -3.67. The van der Waals surface area contributed by atoms with E-state index in [1.807, 2.05) is 13.0 Å². The van der Waals surface area contributed by atoms with Crippen molar-refractivity contribution >= 4 is 37.5 Å². The highest BCUT2D eigenvalue weighted by Crippen LogP contribution is 2.26. The third-order valence-electron chi connectivity index (χ3n) is 2.44. The molecule has 100 valence electrons. The van der Waals surface area contributed by atoms with E-state index >= 15 is 0 Å². The normalized spacial score (nSPS) is 11.3. The van der Waals surface area contributed by atoms with Crippen LogP contribution in [0.5, 0.6) is 0 Å². The van der Waals surface area contributed by atoms with Crippen molar-refractivity contribution in [2.75, 3.05) is 10.5 Å². The Labute approximate surface area is 120 Å². The highest BCUT2D eigenvalue weighted by Gasteiger charge is 2.16. The maximum Gasteiger partial charge on any atom is 0.263 e. The molecule has 3 N–H and O–H groups in total. The van der Waals surface area contributed by atoms with Crippen LogP contribution >= 0.6 is 15.9 Å². The molecule has 7 heteroatoms. The molecule has 0 spiro atoms. The van der Waals surface area contributed by atoms with Crippen LogP contribution in [0, 0.1) is 6.92 Å². The second kappa shape index (κ2) is 5.18. The molecule has 0 aliphatic carbocycles. The van der Waals surface area contributed by atoms with Crippen LogP contribution in [-0.4, -0.2) is 13.4 Å². The van der Waals surface area contributed by atoms with E-state index in [-0.39, 0.29) is 10.7 Å². The minimum Gasteiger partial charge on any atom is -0.384 e. The number of anilines is 2. The molecule has 1 aromatic carbocycles. The van der Waals surface area contributed by atoms with E-state index in [1.54, 1.807) is 12.1 Å². The SMILES string of the molecule is Cc1ccc(Br)c(NS(=O)(=O)c2ccc(N)nc2)c1. The molecule has 5 nitrogen and oxygen atoms in total. The molecule has 0 fully saturated rings. The molecule has 19 heavy (non-hydrogen) atoms. The average Bonchev–Trinajstić information content (AvgIpc) is 2.34. The van der Waals surface area contributed by atoms with Gasteiger partial charge >= 0.3 is 0 Å². The van der Waals surface area contributed by atoms with E-state index in [2.05, 4.69) is 25.6 Å². The number of nitrogens with zero attached hydrogens (tertiary/aromatic N) is 1. The van der Waals surface area contributed by atoms with Crippen molar-refractivity contribution in [3.63, 3.8) is 0 Å². The van der Waals surface area contributed by atoms with Crippen LogP contribution in [0.25, 0.3) is 0 Å². The first-order chi connectivity index (χ1) is 8.88. The van der Waals surface area contributed by atoms with E-state index in [0.717, 1.165) is 5.56 Å². The zero-order valence-corrected chi connectivity index (χ0v) is 12.5. The minimum atomic E-state index is -3.67. The van der Waals surface area contributed by atoms with Crippen molar-refractivity contribution in [3.05, 3.63) is 46.6 Å². The molecular formula is C12H12BrN3O2S. The third-order valence-corrected chi connectivity index (χ3v) is 4.48. The Morgan fingerprint density at radius 1 is 1.26 bits per heavy atom. The number of nitrogen functional groups attached to an aromatic ring is 1. The number of aromatic nitrogens is 1. The molecule has 1 heterocycles. The van der Waals surface area contributed by atoms with Crippen LogP contribution < -0.4 is 10.5 Å². The molecule has 0 aliphatic rings. The summed E-state index contributed by atoms with van der Waals surface area (Å²) in [4.78, 5) is 3.84.